The zero-order chi connectivity index (χ0) is 20.2. The number of benzene rings is 2. The third-order valence-electron chi connectivity index (χ3n) is 3.76. The predicted molar refractivity (Wildman–Crippen MR) is 106 cm³/mol. The molecule has 0 bridgehead atoms. The highest BCUT2D eigenvalue weighted by atomic mass is 35.5. The fraction of sp³-hybridized carbons (Fsp3) is 0.286. The largest absolute Gasteiger partial charge is 0.350 e. The average molecular weight is 387 g/mol. The highest BCUT2D eigenvalue weighted by molar-refractivity contribution is 6.30. The average Bonchev–Trinajstić information content (AvgIpc) is 2.60. The van der Waals surface area contributed by atoms with Crippen molar-refractivity contribution in [1.82, 2.24) is 10.6 Å². The smallest absolute Gasteiger partial charge is 0.252 e. The van der Waals surface area contributed by atoms with E-state index in [1.807, 2.05) is 20.8 Å². The molecule has 2 aromatic rings. The fourth-order valence-electron chi connectivity index (χ4n) is 2.45. The van der Waals surface area contributed by atoms with Crippen LogP contribution in [0.5, 0.6) is 0 Å². The lowest BCUT2D eigenvalue weighted by atomic mass is 9.97. The summed E-state index contributed by atoms with van der Waals surface area (Å²) < 4.78 is 0. The Morgan fingerprint density at radius 2 is 1.48 bits per heavy atom. The molecule has 5 nitrogen and oxygen atoms in total. The predicted octanol–water partition coefficient (Wildman–Crippen LogP) is 3.60. The molecule has 2 amide bonds. The maximum Gasteiger partial charge on any atom is 0.252 e. The molecule has 142 valence electrons. The molecule has 2 rings (SSSR count). The molecule has 1 unspecified atom stereocenters. The van der Waals surface area contributed by atoms with E-state index >= 15 is 0 Å². The number of nitrogens with one attached hydrogen (secondary N) is 2. The maximum atomic E-state index is 12.8. The lowest BCUT2D eigenvalue weighted by Crippen LogP contribution is -2.51. The van der Waals surface area contributed by atoms with Crippen molar-refractivity contribution in [2.45, 2.75) is 39.3 Å². The molecule has 2 N–H and O–H groups in total. The Morgan fingerprint density at radius 3 is 2.04 bits per heavy atom. The van der Waals surface area contributed by atoms with Crippen LogP contribution in [0.3, 0.4) is 0 Å². The first kappa shape index (κ1) is 20.6. The molecule has 2 aromatic carbocycles. The van der Waals surface area contributed by atoms with Crippen molar-refractivity contribution in [3.63, 3.8) is 0 Å². The highest BCUT2D eigenvalue weighted by Gasteiger charge is 2.23. The summed E-state index contributed by atoms with van der Waals surface area (Å²) in [5.74, 6) is -1.06. The minimum atomic E-state index is -0.740. The summed E-state index contributed by atoms with van der Waals surface area (Å²) in [5, 5.41) is 5.99. The minimum Gasteiger partial charge on any atom is -0.350 e. The number of carbonyl (C=O) groups excluding carboxylic acids is 3. The second-order valence-corrected chi connectivity index (χ2v) is 7.75. The number of hydrogen-bond acceptors (Lipinski definition) is 3. The molecule has 0 aliphatic carbocycles. The Hall–Kier alpha value is -2.66. The van der Waals surface area contributed by atoms with Gasteiger partial charge in [0, 0.05) is 21.7 Å². The van der Waals surface area contributed by atoms with E-state index in [0.717, 1.165) is 0 Å². The molecule has 0 fully saturated rings. The number of carbonyl (C=O) groups is 3. The molecule has 0 radical (unpaired) electrons. The standard InChI is InChI=1S/C21H23ClN2O3/c1-13(19(26)24-21(2,3)4)23-20(27)17-8-6-5-7-16(17)18(25)14-9-11-15(22)12-10-14/h5-13H,1-4H3,(H,23,27)(H,24,26). The quantitative estimate of drug-likeness (QED) is 0.771. The van der Waals surface area contributed by atoms with E-state index < -0.39 is 17.5 Å². The van der Waals surface area contributed by atoms with E-state index in [1.165, 1.54) is 0 Å². The van der Waals surface area contributed by atoms with E-state index in [9.17, 15) is 14.4 Å². The molecular formula is C21H23ClN2O3. The van der Waals surface area contributed by atoms with Gasteiger partial charge in [-0.15, -0.1) is 0 Å². The van der Waals surface area contributed by atoms with E-state index in [-0.39, 0.29) is 22.8 Å². The van der Waals surface area contributed by atoms with Crippen molar-refractivity contribution in [1.29, 1.82) is 0 Å². The molecule has 0 aromatic heterocycles. The van der Waals surface area contributed by atoms with Gasteiger partial charge in [0.2, 0.25) is 5.91 Å². The Morgan fingerprint density at radius 1 is 0.926 bits per heavy atom. The van der Waals surface area contributed by atoms with Gasteiger partial charge in [0.25, 0.3) is 5.91 Å². The summed E-state index contributed by atoms with van der Waals surface area (Å²) in [5.41, 5.74) is 0.505. The molecule has 27 heavy (non-hydrogen) atoms. The van der Waals surface area contributed by atoms with Crippen LogP contribution in [-0.2, 0) is 4.79 Å². The second kappa shape index (κ2) is 8.35. The fourth-order valence-corrected chi connectivity index (χ4v) is 2.58. The SMILES string of the molecule is CC(NC(=O)c1ccccc1C(=O)c1ccc(Cl)cc1)C(=O)NC(C)(C)C. The molecule has 0 aliphatic rings. The van der Waals surface area contributed by atoms with Gasteiger partial charge in [-0.3, -0.25) is 14.4 Å². The van der Waals surface area contributed by atoms with Crippen molar-refractivity contribution in [3.8, 4) is 0 Å². The zero-order valence-electron chi connectivity index (χ0n) is 15.8. The van der Waals surface area contributed by atoms with Crippen LogP contribution in [0.2, 0.25) is 5.02 Å². The number of hydrogen-bond donors (Lipinski definition) is 2. The lowest BCUT2D eigenvalue weighted by molar-refractivity contribution is -0.124. The molecule has 0 saturated heterocycles. The third-order valence-corrected chi connectivity index (χ3v) is 4.01. The van der Waals surface area contributed by atoms with E-state index in [2.05, 4.69) is 10.6 Å². The van der Waals surface area contributed by atoms with Crippen LogP contribution >= 0.6 is 11.6 Å². The molecule has 6 heteroatoms. The summed E-state index contributed by atoms with van der Waals surface area (Å²) in [6, 6.07) is 12.2. The highest BCUT2D eigenvalue weighted by Crippen LogP contribution is 2.17. The van der Waals surface area contributed by atoms with E-state index in [1.54, 1.807) is 55.5 Å². The van der Waals surface area contributed by atoms with E-state index in [0.29, 0.717) is 10.6 Å². The lowest BCUT2D eigenvalue weighted by Gasteiger charge is -2.23. The molecule has 0 saturated carbocycles. The zero-order valence-corrected chi connectivity index (χ0v) is 16.6. The summed E-state index contributed by atoms with van der Waals surface area (Å²) in [6.45, 7) is 7.18. The Kier molecular flexibility index (Phi) is 6.39. The van der Waals surface area contributed by atoms with Crippen LogP contribution in [0.25, 0.3) is 0 Å². The summed E-state index contributed by atoms with van der Waals surface area (Å²) in [7, 11) is 0. The molecule has 0 heterocycles. The van der Waals surface area contributed by atoms with Crippen LogP contribution in [0.4, 0.5) is 0 Å². The third kappa shape index (κ3) is 5.66. The first-order valence-electron chi connectivity index (χ1n) is 8.60. The molecule has 1 atom stereocenters. The van der Waals surface area contributed by atoms with Crippen LogP contribution < -0.4 is 10.6 Å². The molecule has 0 aliphatic heterocycles. The second-order valence-electron chi connectivity index (χ2n) is 7.32. The van der Waals surface area contributed by atoms with Crippen LogP contribution in [-0.4, -0.2) is 29.2 Å². The number of ketones is 1. The van der Waals surface area contributed by atoms with Gasteiger partial charge in [0.15, 0.2) is 5.78 Å². The van der Waals surface area contributed by atoms with Crippen molar-refractivity contribution in [2.24, 2.45) is 0 Å². The maximum absolute atomic E-state index is 12.8. The summed E-state index contributed by atoms with van der Waals surface area (Å²) >= 11 is 5.86. The molecule has 0 spiro atoms. The number of rotatable bonds is 5. The monoisotopic (exact) mass is 386 g/mol. The minimum absolute atomic E-state index is 0.216. The van der Waals surface area contributed by atoms with Crippen molar-refractivity contribution >= 4 is 29.2 Å². The van der Waals surface area contributed by atoms with E-state index in [4.69, 9.17) is 11.6 Å². The van der Waals surface area contributed by atoms with Crippen LogP contribution in [0, 0.1) is 0 Å². The number of amides is 2. The summed E-state index contributed by atoms with van der Waals surface area (Å²) in [4.78, 5) is 37.7. The first-order chi connectivity index (χ1) is 12.6. The van der Waals surface area contributed by atoms with Gasteiger partial charge in [-0.2, -0.15) is 0 Å². The molecular weight excluding hydrogens is 364 g/mol. The Labute approximate surface area is 164 Å². The summed E-state index contributed by atoms with van der Waals surface area (Å²) in [6.07, 6.45) is 0. The topological polar surface area (TPSA) is 75.3 Å². The van der Waals surface area contributed by atoms with Gasteiger partial charge < -0.3 is 10.6 Å². The van der Waals surface area contributed by atoms with Gasteiger partial charge in [-0.05, 0) is 58.0 Å². The Bertz CT molecular complexity index is 854. The van der Waals surface area contributed by atoms with Gasteiger partial charge in [-0.25, -0.2) is 0 Å². The Balaban J connectivity index is 2.21. The number of halogens is 1. The van der Waals surface area contributed by atoms with Crippen molar-refractivity contribution in [3.05, 3.63) is 70.2 Å². The van der Waals surface area contributed by atoms with Gasteiger partial charge >= 0.3 is 0 Å². The normalized spacial score (nSPS) is 12.2. The van der Waals surface area contributed by atoms with Gasteiger partial charge in [0.1, 0.15) is 6.04 Å². The first-order valence-corrected chi connectivity index (χ1v) is 8.98. The van der Waals surface area contributed by atoms with Gasteiger partial charge in [-0.1, -0.05) is 29.8 Å². The van der Waals surface area contributed by atoms with Crippen LogP contribution in [0.15, 0.2) is 48.5 Å². The van der Waals surface area contributed by atoms with Gasteiger partial charge in [0.05, 0.1) is 5.56 Å². The van der Waals surface area contributed by atoms with Crippen molar-refractivity contribution in [2.75, 3.05) is 0 Å². The van der Waals surface area contributed by atoms with Crippen LogP contribution in [0.1, 0.15) is 54.0 Å². The van der Waals surface area contributed by atoms with Crippen molar-refractivity contribution < 1.29 is 14.4 Å².